The minimum Gasteiger partial charge on any atom is -0.462 e. The van der Waals surface area contributed by atoms with Gasteiger partial charge in [0, 0.05) is 25.7 Å². The van der Waals surface area contributed by atoms with E-state index in [1.165, 1.54) is 19.3 Å². The van der Waals surface area contributed by atoms with Crippen molar-refractivity contribution in [1.82, 2.24) is 0 Å². The molecule has 5 unspecified atom stereocenters. The molecule has 5 atom stereocenters. The van der Waals surface area contributed by atoms with Crippen LogP contribution in [0, 0.1) is 0 Å². The fourth-order valence-electron chi connectivity index (χ4n) is 10.1. The molecule has 0 saturated heterocycles. The Morgan fingerprint density at radius 1 is 0.269 bits per heavy atom. The van der Waals surface area contributed by atoms with Crippen molar-refractivity contribution < 1.29 is 80.2 Å². The molecule has 17 nitrogen and oxygen atoms in total. The summed E-state index contributed by atoms with van der Waals surface area (Å²) in [6, 6.07) is 0. The Bertz CT molecular complexity index is 2760. The quantitative estimate of drug-likeness (QED) is 0.0169. The summed E-state index contributed by atoms with van der Waals surface area (Å²) < 4.78 is 68.6. The number of carbonyl (C=O) groups is 4. The van der Waals surface area contributed by atoms with E-state index in [2.05, 4.69) is 198 Å². The van der Waals surface area contributed by atoms with Crippen molar-refractivity contribution in [2.24, 2.45) is 0 Å². The highest BCUT2D eigenvalue weighted by Gasteiger charge is 2.30. The molecule has 612 valence electrons. The first-order valence-electron chi connectivity index (χ1n) is 41.0. The molecule has 0 spiro atoms. The van der Waals surface area contributed by atoms with Crippen molar-refractivity contribution in [2.45, 2.75) is 316 Å². The normalized spacial score (nSPS) is 14.8. The van der Waals surface area contributed by atoms with Gasteiger partial charge in [-0.25, -0.2) is 9.13 Å². The lowest BCUT2D eigenvalue weighted by Crippen LogP contribution is -2.30. The van der Waals surface area contributed by atoms with E-state index in [-0.39, 0.29) is 25.7 Å². The van der Waals surface area contributed by atoms with E-state index < -0.39 is 97.5 Å². The standard InChI is InChI=1S/C89H144O17P2/c1-5-9-13-17-21-25-29-33-36-39-41-44-46-50-53-57-61-65-69-73-86(91)99-79-84(105-88(93)75-71-67-63-59-55-49-32-28-24-20-16-12-8-4)81-103-107(95,96)101-77-83(90)78-102-108(97,98)104-82-85(106-89(94)76-72-68-64-60-56-52-48-43-38-35-31-27-23-19-15-11-7-3)80-100-87(92)74-70-66-62-58-54-51-47-45-42-40-37-34-30-26-22-18-14-10-6-2/h9,11,13,15-16,20-23,25-28,32-38,41-42,44-45,48,50,52-53,60,64,83-85,90H,5-8,10,12,14,17-19,24,29-31,39-40,43,46-47,49,51,54-59,61-63,65-82H2,1-4H3,(H,95,96)(H,97,98)/b13-9-,15-11-,20-16-,25-21-,26-22-,27-23-,32-28-,36-33-,37-34-,38-35-,44-41-,45-42-,52-48-,53-50-,64-60-. The molecule has 0 heterocycles. The average Bonchev–Trinajstić information content (AvgIpc) is 0.916. The summed E-state index contributed by atoms with van der Waals surface area (Å²) in [6.45, 7) is 4.41. The van der Waals surface area contributed by atoms with Gasteiger partial charge in [0.25, 0.3) is 0 Å². The molecular formula is C89H144O17P2. The molecule has 0 bridgehead atoms. The minimum atomic E-state index is -5.01. The number of esters is 4. The number of unbranched alkanes of at least 4 members (excludes halogenated alkanes) is 19. The van der Waals surface area contributed by atoms with E-state index in [1.807, 2.05) is 12.2 Å². The van der Waals surface area contributed by atoms with Crippen molar-refractivity contribution in [3.05, 3.63) is 182 Å². The second kappa shape index (κ2) is 79.3. The molecule has 0 radical (unpaired) electrons. The van der Waals surface area contributed by atoms with Gasteiger partial charge in [0.15, 0.2) is 12.2 Å². The maximum atomic E-state index is 13.1. The lowest BCUT2D eigenvalue weighted by atomic mass is 10.1. The molecule has 108 heavy (non-hydrogen) atoms. The van der Waals surface area contributed by atoms with Crippen LogP contribution in [0.3, 0.4) is 0 Å². The van der Waals surface area contributed by atoms with Crippen LogP contribution in [0.15, 0.2) is 182 Å². The number of aliphatic hydroxyl groups is 1. The van der Waals surface area contributed by atoms with Gasteiger partial charge < -0.3 is 33.8 Å². The molecule has 0 aliphatic rings. The Morgan fingerprint density at radius 2 is 0.509 bits per heavy atom. The minimum absolute atomic E-state index is 0.00612. The SMILES string of the molecule is CC/C=C\C/C=C\C/C=C\C/C=C\C/C=C\CCCCCC(=O)OCC(COP(=O)(O)OCC(O)COP(=O)(O)OCC(COC(=O)CCCCCCCC/C=C\C/C=C\C/C=C\CCCCC)OC(=O)CCC/C=C\C/C=C\C/C=C\C/C=C\C/C=C\CC)OC(=O)CCCCCCC/C=C\C/C=C\CCC. The first-order chi connectivity index (χ1) is 52.7. The number of phosphoric acid groups is 2. The number of phosphoric ester groups is 2. The Morgan fingerprint density at radius 3 is 0.824 bits per heavy atom. The van der Waals surface area contributed by atoms with Crippen LogP contribution in [0.4, 0.5) is 0 Å². The van der Waals surface area contributed by atoms with Gasteiger partial charge in [0.05, 0.1) is 26.4 Å². The highest BCUT2D eigenvalue weighted by atomic mass is 31.2. The van der Waals surface area contributed by atoms with Crippen LogP contribution in [0.2, 0.25) is 0 Å². The van der Waals surface area contributed by atoms with E-state index >= 15 is 0 Å². The Hall–Kier alpha value is -5.84. The zero-order valence-electron chi connectivity index (χ0n) is 66.9. The first kappa shape index (κ1) is 102. The average molecular weight is 1550 g/mol. The zero-order valence-corrected chi connectivity index (χ0v) is 68.7. The molecule has 0 aliphatic carbocycles. The molecule has 0 aromatic heterocycles. The molecule has 0 saturated carbocycles. The maximum absolute atomic E-state index is 13.1. The predicted octanol–water partition coefficient (Wildman–Crippen LogP) is 24.3. The summed E-state index contributed by atoms with van der Waals surface area (Å²) in [4.78, 5) is 73.1. The van der Waals surface area contributed by atoms with Crippen molar-refractivity contribution in [3.8, 4) is 0 Å². The second-order valence-electron chi connectivity index (χ2n) is 26.6. The van der Waals surface area contributed by atoms with Gasteiger partial charge in [0.2, 0.25) is 0 Å². The first-order valence-corrected chi connectivity index (χ1v) is 44.0. The van der Waals surface area contributed by atoms with E-state index in [0.717, 1.165) is 193 Å². The van der Waals surface area contributed by atoms with Gasteiger partial charge in [-0.15, -0.1) is 0 Å². The molecule has 0 aliphatic heterocycles. The molecule has 0 aromatic carbocycles. The van der Waals surface area contributed by atoms with Crippen LogP contribution in [0.5, 0.6) is 0 Å². The fraction of sp³-hybridized carbons (Fsp3) is 0.618. The summed E-state index contributed by atoms with van der Waals surface area (Å²) in [5.41, 5.74) is 0. The Labute approximate surface area is 654 Å². The third kappa shape index (κ3) is 78.3. The topological polar surface area (TPSA) is 237 Å². The number of aliphatic hydroxyl groups excluding tert-OH is 1. The summed E-state index contributed by atoms with van der Waals surface area (Å²) in [5.74, 6) is -2.32. The van der Waals surface area contributed by atoms with Gasteiger partial charge >= 0.3 is 39.5 Å². The lowest BCUT2D eigenvalue weighted by Gasteiger charge is -2.21. The van der Waals surface area contributed by atoms with Crippen LogP contribution < -0.4 is 0 Å². The van der Waals surface area contributed by atoms with Crippen LogP contribution >= 0.6 is 15.6 Å². The van der Waals surface area contributed by atoms with Crippen molar-refractivity contribution in [3.63, 3.8) is 0 Å². The molecule has 0 amide bonds. The van der Waals surface area contributed by atoms with Crippen molar-refractivity contribution >= 4 is 39.5 Å². The fourth-order valence-corrected chi connectivity index (χ4v) is 11.7. The van der Waals surface area contributed by atoms with Gasteiger partial charge in [-0.05, 0) is 173 Å². The molecule has 19 heteroatoms. The van der Waals surface area contributed by atoms with Crippen LogP contribution in [0.1, 0.15) is 297 Å². The third-order valence-corrected chi connectivity index (χ3v) is 18.2. The smallest absolute Gasteiger partial charge is 0.462 e. The molecule has 3 N–H and O–H groups in total. The lowest BCUT2D eigenvalue weighted by molar-refractivity contribution is -0.161. The van der Waals surface area contributed by atoms with Crippen LogP contribution in [0.25, 0.3) is 0 Å². The zero-order chi connectivity index (χ0) is 78.9. The van der Waals surface area contributed by atoms with Gasteiger partial charge in [-0.3, -0.25) is 37.3 Å². The predicted molar refractivity (Wildman–Crippen MR) is 445 cm³/mol. The number of hydrogen-bond acceptors (Lipinski definition) is 15. The number of carbonyl (C=O) groups excluding carboxylic acids is 4. The van der Waals surface area contributed by atoms with Crippen molar-refractivity contribution in [1.29, 1.82) is 0 Å². The second-order valence-corrected chi connectivity index (χ2v) is 29.5. The van der Waals surface area contributed by atoms with Gasteiger partial charge in [-0.1, -0.05) is 281 Å². The van der Waals surface area contributed by atoms with E-state index in [9.17, 15) is 43.2 Å². The molecule has 0 rings (SSSR count). The monoisotopic (exact) mass is 1550 g/mol. The van der Waals surface area contributed by atoms with Crippen LogP contribution in [-0.2, 0) is 65.4 Å². The number of rotatable bonds is 75. The van der Waals surface area contributed by atoms with E-state index in [4.69, 9.17) is 37.0 Å². The van der Waals surface area contributed by atoms with E-state index in [0.29, 0.717) is 32.1 Å². The Balaban J connectivity index is 5.47. The highest BCUT2D eigenvalue weighted by molar-refractivity contribution is 7.47. The number of ether oxygens (including phenoxy) is 4. The highest BCUT2D eigenvalue weighted by Crippen LogP contribution is 2.45. The summed E-state index contributed by atoms with van der Waals surface area (Å²) in [5, 5.41) is 10.7. The number of hydrogen-bond donors (Lipinski definition) is 3. The third-order valence-electron chi connectivity index (χ3n) is 16.3. The summed E-state index contributed by atoms with van der Waals surface area (Å²) in [6.07, 6.45) is 95.9. The molecule has 0 aromatic rings. The molecular weight excluding hydrogens is 1400 g/mol. The maximum Gasteiger partial charge on any atom is 0.472 e. The molecule has 0 fully saturated rings. The van der Waals surface area contributed by atoms with Gasteiger partial charge in [-0.2, -0.15) is 0 Å². The van der Waals surface area contributed by atoms with Crippen molar-refractivity contribution in [2.75, 3.05) is 39.6 Å². The van der Waals surface area contributed by atoms with Crippen LogP contribution in [-0.4, -0.2) is 96.7 Å². The summed E-state index contributed by atoms with van der Waals surface area (Å²) in [7, 11) is -10.0. The van der Waals surface area contributed by atoms with E-state index in [1.54, 1.807) is 0 Å². The largest absolute Gasteiger partial charge is 0.472 e. The number of allylic oxidation sites excluding steroid dienone is 30. The Kier molecular flexibility index (Phi) is 75.0. The van der Waals surface area contributed by atoms with Gasteiger partial charge in [0.1, 0.15) is 19.3 Å². The summed E-state index contributed by atoms with van der Waals surface area (Å²) >= 11 is 0.